The molecule has 0 saturated carbocycles. The number of hydrogen-bond donors (Lipinski definition) is 3. The van der Waals surface area contributed by atoms with E-state index in [2.05, 4.69) is 57.5 Å². The highest BCUT2D eigenvalue weighted by molar-refractivity contribution is 5.94. The molecular weight excluding hydrogens is 815 g/mol. The van der Waals surface area contributed by atoms with E-state index in [4.69, 9.17) is 9.90 Å². The Labute approximate surface area is 333 Å². The fourth-order valence-corrected chi connectivity index (χ4v) is 7.38. The second-order valence-electron chi connectivity index (χ2n) is 14.9. The van der Waals surface area contributed by atoms with E-state index in [0.29, 0.717) is 23.7 Å². The zero-order valence-electron chi connectivity index (χ0n) is 31.2. The lowest BCUT2D eigenvalue weighted by atomic mass is 10.00. The number of carboxylic acids is 1. The predicted octanol–water partition coefficient (Wildman–Crippen LogP) is 2.21. The Balaban J connectivity index is 0.000000741. The number of piperazine rings is 2. The molecule has 6 rings (SSSR count). The number of nitrogens with one attached hydrogen (secondary N) is 2. The normalized spacial score (nSPS) is 19.3. The van der Waals surface area contributed by atoms with Gasteiger partial charge in [-0.15, -0.1) is 0 Å². The third-order valence-corrected chi connectivity index (χ3v) is 10.5. The average Bonchev–Trinajstić information content (AvgIpc) is 3.57. The van der Waals surface area contributed by atoms with Crippen LogP contribution in [0.3, 0.4) is 0 Å². The van der Waals surface area contributed by atoms with Crippen molar-refractivity contribution >= 4 is 11.9 Å². The van der Waals surface area contributed by atoms with Gasteiger partial charge >= 0.3 is 12.1 Å². The van der Waals surface area contributed by atoms with Gasteiger partial charge in [0, 0.05) is 102 Å². The topological polar surface area (TPSA) is 88.2 Å². The lowest BCUT2D eigenvalue weighted by molar-refractivity contribution is -0.897. The number of hydrogen-bond acceptors (Lipinski definition) is 6. The van der Waals surface area contributed by atoms with E-state index < -0.39 is 12.1 Å². The van der Waals surface area contributed by atoms with Gasteiger partial charge in [-0.1, -0.05) is 36.4 Å². The van der Waals surface area contributed by atoms with Crippen molar-refractivity contribution in [1.29, 1.82) is 0 Å². The van der Waals surface area contributed by atoms with Gasteiger partial charge in [0.2, 0.25) is 0 Å². The Morgan fingerprint density at radius 1 is 0.870 bits per heavy atom. The maximum atomic E-state index is 15.0. The number of carbonyl (C=O) groups is 2. The Morgan fingerprint density at radius 3 is 2.17 bits per heavy atom. The van der Waals surface area contributed by atoms with Crippen molar-refractivity contribution in [1.82, 2.24) is 25.3 Å². The molecule has 3 N–H and O–H groups in total. The summed E-state index contributed by atoms with van der Waals surface area (Å²) in [5, 5.41) is 13.7. The number of halogens is 5. The summed E-state index contributed by atoms with van der Waals surface area (Å²) in [5.41, 5.74) is 5.31. The highest BCUT2D eigenvalue weighted by Gasteiger charge is 2.38. The maximum Gasteiger partial charge on any atom is 0.490 e. The van der Waals surface area contributed by atoms with Crippen LogP contribution in [-0.4, -0.2) is 127 Å². The number of carboxylic acid groups (broad SMARTS) is 1. The summed E-state index contributed by atoms with van der Waals surface area (Å²) in [6, 6.07) is 21.8. The third-order valence-electron chi connectivity index (χ3n) is 10.5. The molecule has 0 unspecified atom stereocenters. The van der Waals surface area contributed by atoms with Crippen LogP contribution in [0.2, 0.25) is 0 Å². The number of alkyl halides is 3. The second kappa shape index (κ2) is 20.1. The van der Waals surface area contributed by atoms with Gasteiger partial charge in [-0.05, 0) is 59.5 Å². The standard InChI is InChI=1S/C38H51FN6O.C2HF3O2.HI/c1-30-27-44(14-13-40-30)29-32-7-5-9-34(23-32)36-25-31(11-12-37(36)39)26-41-38(46)35-10-6-8-33(24-35)28-43-17-15-42(16-18-43)19-22-45(2)20-3-4-21-45;3-2(4,5)1(6)7;/h5-12,23-25,30,40H,3-4,13-22,26-29H2,1-2H3;(H,6,7);1H/t30-;;/m0../s1. The first-order valence-corrected chi connectivity index (χ1v) is 18.6. The first-order valence-electron chi connectivity index (χ1n) is 18.6. The number of amides is 1. The van der Waals surface area contributed by atoms with Crippen molar-refractivity contribution in [2.75, 3.05) is 79.0 Å². The molecule has 54 heavy (non-hydrogen) atoms. The van der Waals surface area contributed by atoms with E-state index in [1.807, 2.05) is 36.4 Å². The molecule has 3 aromatic rings. The fraction of sp³-hybridized carbons (Fsp3) is 0.500. The highest BCUT2D eigenvalue weighted by atomic mass is 127. The Bertz CT molecular complexity index is 1680. The van der Waals surface area contributed by atoms with Crippen LogP contribution in [0.5, 0.6) is 0 Å². The van der Waals surface area contributed by atoms with E-state index in [1.165, 1.54) is 55.1 Å². The number of rotatable bonds is 11. The van der Waals surface area contributed by atoms with Gasteiger partial charge in [0.1, 0.15) is 5.82 Å². The summed E-state index contributed by atoms with van der Waals surface area (Å²) in [6.07, 6.45) is -2.33. The van der Waals surface area contributed by atoms with Gasteiger partial charge in [-0.3, -0.25) is 19.5 Å². The highest BCUT2D eigenvalue weighted by Crippen LogP contribution is 2.26. The molecule has 296 valence electrons. The number of carbonyl (C=O) groups excluding carboxylic acids is 1. The SMILES string of the molecule is C[C@H]1CN(Cc2cccc(-c3cc(CNC(=O)c4cccc(CN5CCN(CC[N+]6(C)CCCC6)CC5)c4)ccc3F)c2)CCN1.O=C(O)C(F)(F)F.[I-]. The van der Waals surface area contributed by atoms with Crippen molar-refractivity contribution in [2.24, 2.45) is 0 Å². The van der Waals surface area contributed by atoms with E-state index in [1.54, 1.807) is 6.07 Å². The van der Waals surface area contributed by atoms with Gasteiger partial charge in [-0.2, -0.15) is 13.2 Å². The third kappa shape index (κ3) is 13.3. The Hall–Kier alpha value is -3.15. The van der Waals surface area contributed by atoms with E-state index in [0.717, 1.165) is 75.6 Å². The van der Waals surface area contributed by atoms with E-state index >= 15 is 4.39 Å². The molecule has 0 aliphatic carbocycles. The van der Waals surface area contributed by atoms with Crippen LogP contribution in [0.4, 0.5) is 17.6 Å². The average molecular weight is 869 g/mol. The molecule has 0 bridgehead atoms. The summed E-state index contributed by atoms with van der Waals surface area (Å²) in [7, 11) is 2.42. The predicted molar refractivity (Wildman–Crippen MR) is 198 cm³/mol. The molecule has 1 atom stereocenters. The monoisotopic (exact) mass is 868 g/mol. The summed E-state index contributed by atoms with van der Waals surface area (Å²) in [4.78, 5) is 29.6. The minimum Gasteiger partial charge on any atom is -1.00 e. The Kier molecular flexibility index (Phi) is 16.3. The summed E-state index contributed by atoms with van der Waals surface area (Å²) >= 11 is 0. The number of likely N-dealkylation sites (tertiary alicyclic amines) is 1. The zero-order valence-corrected chi connectivity index (χ0v) is 33.3. The van der Waals surface area contributed by atoms with Crippen LogP contribution in [-0.2, 0) is 24.4 Å². The molecule has 0 aromatic heterocycles. The van der Waals surface area contributed by atoms with Crippen molar-refractivity contribution < 1.29 is 60.7 Å². The minimum atomic E-state index is -5.08. The summed E-state index contributed by atoms with van der Waals surface area (Å²) in [6.45, 7) is 16.7. The van der Waals surface area contributed by atoms with Crippen LogP contribution in [0.1, 0.15) is 46.8 Å². The van der Waals surface area contributed by atoms with E-state index in [-0.39, 0.29) is 35.7 Å². The van der Waals surface area contributed by atoms with Gasteiger partial charge in [0.25, 0.3) is 5.91 Å². The number of nitrogens with zero attached hydrogens (tertiary/aromatic N) is 4. The number of aliphatic carboxylic acids is 1. The molecular formula is C40H53F4IN6O3. The molecule has 3 aromatic carbocycles. The molecule has 3 fully saturated rings. The molecule has 0 spiro atoms. The summed E-state index contributed by atoms with van der Waals surface area (Å²) in [5.74, 6) is -3.12. The fourth-order valence-electron chi connectivity index (χ4n) is 7.38. The smallest absolute Gasteiger partial charge is 0.490 e. The van der Waals surface area contributed by atoms with Crippen molar-refractivity contribution in [3.05, 3.63) is 94.8 Å². The lowest BCUT2D eigenvalue weighted by Gasteiger charge is -2.37. The van der Waals surface area contributed by atoms with Crippen LogP contribution >= 0.6 is 0 Å². The van der Waals surface area contributed by atoms with Crippen LogP contribution in [0.25, 0.3) is 11.1 Å². The first kappa shape index (κ1) is 43.6. The Morgan fingerprint density at radius 2 is 1.50 bits per heavy atom. The largest absolute Gasteiger partial charge is 1.00 e. The molecule has 14 heteroatoms. The van der Waals surface area contributed by atoms with Gasteiger partial charge < -0.3 is 44.2 Å². The zero-order chi connectivity index (χ0) is 38.0. The molecule has 0 radical (unpaired) electrons. The molecule has 3 saturated heterocycles. The second-order valence-corrected chi connectivity index (χ2v) is 14.9. The molecule has 9 nitrogen and oxygen atoms in total. The van der Waals surface area contributed by atoms with Gasteiger partial charge in [0.15, 0.2) is 0 Å². The van der Waals surface area contributed by atoms with Crippen LogP contribution in [0.15, 0.2) is 66.7 Å². The molecule has 3 aliphatic rings. The lowest BCUT2D eigenvalue weighted by Crippen LogP contribution is -3.00. The maximum absolute atomic E-state index is 15.0. The number of benzene rings is 3. The quantitative estimate of drug-likeness (QED) is 0.155. The van der Waals surface area contributed by atoms with E-state index in [9.17, 15) is 18.0 Å². The number of likely N-dealkylation sites (N-methyl/N-ethyl adjacent to an activating group) is 1. The number of quaternary nitrogens is 1. The summed E-state index contributed by atoms with van der Waals surface area (Å²) < 4.78 is 48.0. The van der Waals surface area contributed by atoms with Crippen LogP contribution in [0, 0.1) is 5.82 Å². The first-order chi connectivity index (χ1) is 25.3. The van der Waals surface area contributed by atoms with Gasteiger partial charge in [0.05, 0.1) is 26.7 Å². The molecule has 1 amide bonds. The molecule has 3 heterocycles. The van der Waals surface area contributed by atoms with Crippen molar-refractivity contribution in [3.8, 4) is 11.1 Å². The van der Waals surface area contributed by atoms with Crippen LogP contribution < -0.4 is 34.6 Å². The van der Waals surface area contributed by atoms with Crippen molar-refractivity contribution in [3.63, 3.8) is 0 Å². The minimum absolute atomic E-state index is 0. The molecule has 3 aliphatic heterocycles. The van der Waals surface area contributed by atoms with Crippen molar-refractivity contribution in [2.45, 2.75) is 51.6 Å². The van der Waals surface area contributed by atoms with Gasteiger partial charge in [-0.25, -0.2) is 9.18 Å².